The maximum atomic E-state index is 5.20. The average Bonchev–Trinajstić information content (AvgIpc) is 3.46. The third kappa shape index (κ3) is 3.10. The van der Waals surface area contributed by atoms with Crippen molar-refractivity contribution in [3.8, 4) is 22.4 Å². The van der Waals surface area contributed by atoms with E-state index in [4.69, 9.17) is 4.98 Å². The molecule has 0 N–H and O–H groups in total. The lowest BCUT2D eigenvalue weighted by Crippen LogP contribution is -2.00. The number of pyridine rings is 1. The summed E-state index contributed by atoms with van der Waals surface area (Å²) in [5.74, 6) is 1.17. The number of aromatic nitrogens is 1. The van der Waals surface area contributed by atoms with Crippen LogP contribution in [0.25, 0.3) is 33.2 Å². The van der Waals surface area contributed by atoms with Crippen LogP contribution in [0.2, 0.25) is 0 Å². The smallest absolute Gasteiger partial charge is 0.0783 e. The molecule has 32 heavy (non-hydrogen) atoms. The van der Waals surface area contributed by atoms with Crippen molar-refractivity contribution in [1.82, 2.24) is 4.98 Å². The van der Waals surface area contributed by atoms with Crippen LogP contribution in [0.15, 0.2) is 60.8 Å². The fourth-order valence-electron chi connectivity index (χ4n) is 6.00. The highest BCUT2D eigenvalue weighted by molar-refractivity contribution is 5.99. The third-order valence-electron chi connectivity index (χ3n) is 7.73. The SMILES string of the molecule is Cc1cc2c(c(-c3ncc(C4CCCC4)c4ccc(C(C)C)cc34)c1)Cc1ccccc1-2. The minimum Gasteiger partial charge on any atom is -0.255 e. The molecule has 2 aliphatic rings. The van der Waals surface area contributed by atoms with Crippen molar-refractivity contribution in [2.75, 3.05) is 0 Å². The molecule has 1 heterocycles. The van der Waals surface area contributed by atoms with Crippen LogP contribution in [0, 0.1) is 6.92 Å². The number of nitrogens with zero attached hydrogens (tertiary/aromatic N) is 1. The molecule has 1 fully saturated rings. The van der Waals surface area contributed by atoms with Gasteiger partial charge in [0.25, 0.3) is 0 Å². The van der Waals surface area contributed by atoms with Crippen molar-refractivity contribution in [2.45, 2.75) is 64.7 Å². The van der Waals surface area contributed by atoms with Gasteiger partial charge in [0, 0.05) is 17.1 Å². The number of rotatable bonds is 3. The summed E-state index contributed by atoms with van der Waals surface area (Å²) in [6.45, 7) is 6.80. The summed E-state index contributed by atoms with van der Waals surface area (Å²) in [5, 5.41) is 2.75. The first-order valence-electron chi connectivity index (χ1n) is 12.2. The van der Waals surface area contributed by atoms with Gasteiger partial charge in [0.15, 0.2) is 0 Å². The molecule has 4 aromatic rings. The second-order valence-electron chi connectivity index (χ2n) is 10.2. The van der Waals surface area contributed by atoms with Gasteiger partial charge >= 0.3 is 0 Å². The summed E-state index contributed by atoms with van der Waals surface area (Å²) in [4.78, 5) is 5.20. The molecule has 1 heteroatoms. The Bertz CT molecular complexity index is 1340. The molecule has 0 amide bonds. The van der Waals surface area contributed by atoms with Gasteiger partial charge in [-0.1, -0.05) is 69.2 Å². The summed E-state index contributed by atoms with van der Waals surface area (Å²) in [7, 11) is 0. The Morgan fingerprint density at radius 1 is 0.844 bits per heavy atom. The van der Waals surface area contributed by atoms with Gasteiger partial charge in [-0.25, -0.2) is 0 Å². The molecular weight excluding hydrogens is 386 g/mol. The highest BCUT2D eigenvalue weighted by Crippen LogP contribution is 2.45. The summed E-state index contributed by atoms with van der Waals surface area (Å²) >= 11 is 0. The van der Waals surface area contributed by atoms with Crippen LogP contribution < -0.4 is 0 Å². The second-order valence-corrected chi connectivity index (χ2v) is 10.2. The second kappa shape index (κ2) is 7.59. The van der Waals surface area contributed by atoms with Gasteiger partial charge in [-0.15, -0.1) is 0 Å². The number of hydrogen-bond donors (Lipinski definition) is 0. The summed E-state index contributed by atoms with van der Waals surface area (Å²) in [6, 6.07) is 20.8. The highest BCUT2D eigenvalue weighted by atomic mass is 14.7. The number of hydrogen-bond acceptors (Lipinski definition) is 1. The molecule has 0 bridgehead atoms. The molecular formula is C31H31N. The van der Waals surface area contributed by atoms with E-state index in [9.17, 15) is 0 Å². The van der Waals surface area contributed by atoms with Crippen LogP contribution in [0.5, 0.6) is 0 Å². The van der Waals surface area contributed by atoms with E-state index in [0.29, 0.717) is 11.8 Å². The van der Waals surface area contributed by atoms with Crippen molar-refractivity contribution >= 4 is 10.8 Å². The zero-order chi connectivity index (χ0) is 21.8. The van der Waals surface area contributed by atoms with Crippen molar-refractivity contribution in [3.63, 3.8) is 0 Å². The number of aryl methyl sites for hydroxylation is 1. The van der Waals surface area contributed by atoms with Crippen molar-refractivity contribution < 1.29 is 0 Å². The lowest BCUT2D eigenvalue weighted by atomic mass is 9.88. The standard InChI is InChI=1S/C31H31N/c1-19(2)22-12-13-25-29(16-22)31(32-18-30(25)21-8-4-5-9-21)28-15-20(3)14-26-24-11-7-6-10-23(24)17-27(26)28/h6-7,10-16,18-19,21H,4-5,8-9,17H2,1-3H3. The maximum Gasteiger partial charge on any atom is 0.0783 e. The molecule has 0 radical (unpaired) electrons. The largest absolute Gasteiger partial charge is 0.255 e. The molecule has 160 valence electrons. The monoisotopic (exact) mass is 417 g/mol. The van der Waals surface area contributed by atoms with Crippen LogP contribution in [0.3, 0.4) is 0 Å². The first kappa shape index (κ1) is 19.7. The zero-order valence-electron chi connectivity index (χ0n) is 19.4. The van der Waals surface area contributed by atoms with E-state index in [1.165, 1.54) is 81.0 Å². The quantitative estimate of drug-likeness (QED) is 0.286. The van der Waals surface area contributed by atoms with Crippen LogP contribution in [0.1, 0.15) is 79.2 Å². The van der Waals surface area contributed by atoms with E-state index in [0.717, 1.165) is 12.1 Å². The molecule has 1 nitrogen and oxygen atoms in total. The Morgan fingerprint density at radius 2 is 1.62 bits per heavy atom. The first-order chi connectivity index (χ1) is 15.6. The number of fused-ring (bicyclic) bond motifs is 4. The molecule has 1 saturated carbocycles. The fraction of sp³-hybridized carbons (Fsp3) is 0.323. The van der Waals surface area contributed by atoms with Gasteiger partial charge in [-0.3, -0.25) is 4.98 Å². The average molecular weight is 418 g/mol. The molecule has 0 spiro atoms. The minimum atomic E-state index is 0.509. The van der Waals surface area contributed by atoms with Crippen LogP contribution in [0.4, 0.5) is 0 Å². The van der Waals surface area contributed by atoms with E-state index < -0.39 is 0 Å². The Labute approximate surface area is 191 Å². The molecule has 0 saturated heterocycles. The first-order valence-corrected chi connectivity index (χ1v) is 12.2. The Kier molecular flexibility index (Phi) is 4.68. The van der Waals surface area contributed by atoms with Crippen LogP contribution >= 0.6 is 0 Å². The van der Waals surface area contributed by atoms with E-state index in [-0.39, 0.29) is 0 Å². The normalized spacial score (nSPS) is 15.5. The van der Waals surface area contributed by atoms with E-state index >= 15 is 0 Å². The van der Waals surface area contributed by atoms with Crippen LogP contribution in [-0.2, 0) is 6.42 Å². The van der Waals surface area contributed by atoms with Gasteiger partial charge < -0.3 is 0 Å². The Hall–Kier alpha value is -2.93. The van der Waals surface area contributed by atoms with Gasteiger partial charge in [-0.2, -0.15) is 0 Å². The molecule has 0 aliphatic heterocycles. The van der Waals surface area contributed by atoms with Crippen LogP contribution in [-0.4, -0.2) is 4.98 Å². The topological polar surface area (TPSA) is 12.9 Å². The fourth-order valence-corrected chi connectivity index (χ4v) is 6.00. The maximum absolute atomic E-state index is 5.20. The molecule has 6 rings (SSSR count). The Morgan fingerprint density at radius 3 is 2.44 bits per heavy atom. The lowest BCUT2D eigenvalue weighted by Gasteiger charge is -2.19. The minimum absolute atomic E-state index is 0.509. The summed E-state index contributed by atoms with van der Waals surface area (Å²) in [5.41, 5.74) is 12.3. The lowest BCUT2D eigenvalue weighted by molar-refractivity contribution is 0.726. The molecule has 1 aromatic heterocycles. The summed E-state index contributed by atoms with van der Waals surface area (Å²) in [6.07, 6.45) is 8.51. The van der Waals surface area contributed by atoms with Gasteiger partial charge in [-0.05, 0) is 94.5 Å². The van der Waals surface area contributed by atoms with Gasteiger partial charge in [0.05, 0.1) is 5.69 Å². The van der Waals surface area contributed by atoms with Gasteiger partial charge in [0.1, 0.15) is 0 Å². The van der Waals surface area contributed by atoms with Crippen molar-refractivity contribution in [1.29, 1.82) is 0 Å². The third-order valence-corrected chi connectivity index (χ3v) is 7.73. The molecule has 0 unspecified atom stereocenters. The zero-order valence-corrected chi connectivity index (χ0v) is 19.4. The molecule has 3 aromatic carbocycles. The van der Waals surface area contributed by atoms with E-state index in [2.05, 4.69) is 81.6 Å². The predicted octanol–water partition coefficient (Wildman–Crippen LogP) is 8.56. The number of benzene rings is 3. The van der Waals surface area contributed by atoms with Crippen molar-refractivity contribution in [2.24, 2.45) is 0 Å². The van der Waals surface area contributed by atoms with Crippen molar-refractivity contribution in [3.05, 3.63) is 88.6 Å². The molecule has 2 aliphatic carbocycles. The molecule has 0 atom stereocenters. The Balaban J connectivity index is 1.61. The van der Waals surface area contributed by atoms with Gasteiger partial charge in [0.2, 0.25) is 0 Å². The predicted molar refractivity (Wildman–Crippen MR) is 135 cm³/mol. The highest BCUT2D eigenvalue weighted by Gasteiger charge is 2.25. The van der Waals surface area contributed by atoms with E-state index in [1.54, 1.807) is 0 Å². The summed E-state index contributed by atoms with van der Waals surface area (Å²) < 4.78 is 0. The van der Waals surface area contributed by atoms with E-state index in [1.807, 2.05) is 0 Å².